The minimum Gasteiger partial charge on any atom is -0.380 e. The van der Waals surface area contributed by atoms with E-state index in [0.717, 1.165) is 13.2 Å². The molecule has 100 valence electrons. The van der Waals surface area contributed by atoms with Crippen molar-refractivity contribution >= 4 is 0 Å². The summed E-state index contributed by atoms with van der Waals surface area (Å²) in [4.78, 5) is 0. The summed E-state index contributed by atoms with van der Waals surface area (Å²) in [7, 11) is 2.01. The van der Waals surface area contributed by atoms with Crippen molar-refractivity contribution in [2.75, 3.05) is 26.8 Å². The van der Waals surface area contributed by atoms with Crippen LogP contribution in [0.25, 0.3) is 0 Å². The lowest BCUT2D eigenvalue weighted by Gasteiger charge is -2.47. The predicted octanol–water partition coefficient (Wildman–Crippen LogP) is 1.85. The number of benzene rings is 1. The van der Waals surface area contributed by atoms with Crippen molar-refractivity contribution in [3.05, 3.63) is 34.4 Å². The van der Waals surface area contributed by atoms with Crippen molar-refractivity contribution < 1.29 is 4.74 Å². The second-order valence-corrected chi connectivity index (χ2v) is 5.59. The second-order valence-electron chi connectivity index (χ2n) is 5.59. The number of ether oxygens (including phenoxy) is 1. The Kier molecular flexibility index (Phi) is 3.76. The topological polar surface area (TPSA) is 47.3 Å². The fraction of sp³-hybridized carbons (Fsp3) is 0.600. The van der Waals surface area contributed by atoms with Gasteiger partial charge in [0.2, 0.25) is 0 Å². The van der Waals surface area contributed by atoms with Crippen molar-refractivity contribution in [1.82, 2.24) is 5.32 Å². The van der Waals surface area contributed by atoms with Gasteiger partial charge in [-0.25, -0.2) is 0 Å². The molecule has 3 heteroatoms. The molecule has 18 heavy (non-hydrogen) atoms. The zero-order valence-corrected chi connectivity index (χ0v) is 11.8. The fourth-order valence-corrected chi connectivity index (χ4v) is 3.17. The standard InChI is InChI=1S/C15H24N2O/c1-10-5-11(2)13(12(3)6-10)14(17-4)15(7-16)8-18-9-15/h5-6,14,17H,7-9,16H2,1-4H3. The van der Waals surface area contributed by atoms with E-state index in [9.17, 15) is 0 Å². The van der Waals surface area contributed by atoms with Gasteiger partial charge in [0.1, 0.15) is 0 Å². The third-order valence-corrected chi connectivity index (χ3v) is 4.11. The van der Waals surface area contributed by atoms with E-state index in [1.54, 1.807) is 0 Å². The SMILES string of the molecule is CNC(c1c(C)cc(C)cc1C)C1(CN)COC1. The molecule has 1 aromatic rings. The Hall–Kier alpha value is -0.900. The molecule has 0 radical (unpaired) electrons. The minimum absolute atomic E-state index is 0.0551. The highest BCUT2D eigenvalue weighted by Crippen LogP contribution is 2.41. The molecule has 1 heterocycles. The van der Waals surface area contributed by atoms with Crippen LogP contribution in [0.4, 0.5) is 0 Å². The first-order valence-corrected chi connectivity index (χ1v) is 6.57. The van der Waals surface area contributed by atoms with E-state index < -0.39 is 0 Å². The molecule has 0 spiro atoms. The maximum atomic E-state index is 5.99. The highest BCUT2D eigenvalue weighted by atomic mass is 16.5. The van der Waals surface area contributed by atoms with Crippen molar-refractivity contribution in [2.45, 2.75) is 26.8 Å². The lowest BCUT2D eigenvalue weighted by molar-refractivity contribution is -0.127. The van der Waals surface area contributed by atoms with E-state index in [2.05, 4.69) is 38.2 Å². The molecule has 3 nitrogen and oxygen atoms in total. The first-order chi connectivity index (χ1) is 8.54. The average molecular weight is 248 g/mol. The van der Waals surface area contributed by atoms with Gasteiger partial charge in [0.15, 0.2) is 0 Å². The zero-order chi connectivity index (χ0) is 13.3. The molecule has 0 aromatic heterocycles. The van der Waals surface area contributed by atoms with Gasteiger partial charge in [-0.15, -0.1) is 0 Å². The monoisotopic (exact) mass is 248 g/mol. The van der Waals surface area contributed by atoms with Crippen molar-refractivity contribution in [3.63, 3.8) is 0 Å². The Labute approximate surface area is 110 Å². The fourth-order valence-electron chi connectivity index (χ4n) is 3.17. The zero-order valence-electron chi connectivity index (χ0n) is 11.8. The highest BCUT2D eigenvalue weighted by Gasteiger charge is 2.45. The molecule has 1 saturated heterocycles. The molecule has 1 fully saturated rings. The maximum Gasteiger partial charge on any atom is 0.0575 e. The van der Waals surface area contributed by atoms with Gasteiger partial charge in [-0.1, -0.05) is 17.7 Å². The number of nitrogens with two attached hydrogens (primary N) is 1. The summed E-state index contributed by atoms with van der Waals surface area (Å²) < 4.78 is 5.42. The number of hydrogen-bond donors (Lipinski definition) is 2. The molecular formula is C15H24N2O. The largest absolute Gasteiger partial charge is 0.380 e. The maximum absolute atomic E-state index is 5.99. The van der Waals surface area contributed by atoms with Gasteiger partial charge in [0.05, 0.1) is 13.2 Å². The smallest absolute Gasteiger partial charge is 0.0575 e. The lowest BCUT2D eigenvalue weighted by Crippen LogP contribution is -2.55. The van der Waals surface area contributed by atoms with Crippen LogP contribution in [0.3, 0.4) is 0 Å². The summed E-state index contributed by atoms with van der Waals surface area (Å²) in [5.41, 5.74) is 11.4. The molecule has 1 unspecified atom stereocenters. The van der Waals surface area contributed by atoms with E-state index in [1.165, 1.54) is 22.3 Å². The lowest BCUT2D eigenvalue weighted by atomic mass is 9.73. The summed E-state index contributed by atoms with van der Waals surface area (Å²) in [5, 5.41) is 3.45. The van der Waals surface area contributed by atoms with Gasteiger partial charge in [-0.3, -0.25) is 0 Å². The van der Waals surface area contributed by atoms with E-state index in [1.807, 2.05) is 7.05 Å². The van der Waals surface area contributed by atoms with Crippen molar-refractivity contribution in [3.8, 4) is 0 Å². The van der Waals surface area contributed by atoms with Crippen LogP contribution in [-0.2, 0) is 4.74 Å². The Morgan fingerprint density at radius 2 is 1.83 bits per heavy atom. The van der Waals surface area contributed by atoms with Crippen LogP contribution in [0.2, 0.25) is 0 Å². The van der Waals surface area contributed by atoms with Crippen molar-refractivity contribution in [2.24, 2.45) is 11.1 Å². The van der Waals surface area contributed by atoms with E-state index >= 15 is 0 Å². The Bertz CT molecular complexity index is 410. The van der Waals surface area contributed by atoms with E-state index in [0.29, 0.717) is 6.54 Å². The predicted molar refractivity (Wildman–Crippen MR) is 74.8 cm³/mol. The normalized spacial score (nSPS) is 19.4. The molecule has 1 aromatic carbocycles. The molecule has 0 bridgehead atoms. The first kappa shape index (κ1) is 13.5. The summed E-state index contributed by atoms with van der Waals surface area (Å²) >= 11 is 0. The molecule has 0 amide bonds. The van der Waals surface area contributed by atoms with Crippen LogP contribution in [-0.4, -0.2) is 26.8 Å². The van der Waals surface area contributed by atoms with Gasteiger partial charge in [0, 0.05) is 18.0 Å². The van der Waals surface area contributed by atoms with E-state index in [4.69, 9.17) is 10.5 Å². The number of nitrogens with one attached hydrogen (secondary N) is 1. The number of hydrogen-bond acceptors (Lipinski definition) is 3. The summed E-state index contributed by atoms with van der Waals surface area (Å²) in [6, 6.07) is 4.77. The Morgan fingerprint density at radius 3 is 2.17 bits per heavy atom. The summed E-state index contributed by atoms with van der Waals surface area (Å²) in [5.74, 6) is 0. The van der Waals surface area contributed by atoms with Crippen LogP contribution < -0.4 is 11.1 Å². The molecule has 1 aliphatic heterocycles. The minimum atomic E-state index is 0.0551. The van der Waals surface area contributed by atoms with Gasteiger partial charge in [-0.2, -0.15) is 0 Å². The van der Waals surface area contributed by atoms with Crippen LogP contribution in [0.5, 0.6) is 0 Å². The molecule has 0 saturated carbocycles. The molecule has 2 rings (SSSR count). The molecule has 3 N–H and O–H groups in total. The van der Waals surface area contributed by atoms with Gasteiger partial charge < -0.3 is 15.8 Å². The van der Waals surface area contributed by atoms with Gasteiger partial charge in [-0.05, 0) is 44.5 Å². The molecular weight excluding hydrogens is 224 g/mol. The third-order valence-electron chi connectivity index (χ3n) is 4.11. The average Bonchev–Trinajstić information content (AvgIpc) is 2.24. The van der Waals surface area contributed by atoms with Gasteiger partial charge in [0.25, 0.3) is 0 Å². The third kappa shape index (κ3) is 2.07. The quantitative estimate of drug-likeness (QED) is 0.855. The van der Waals surface area contributed by atoms with Crippen LogP contribution >= 0.6 is 0 Å². The summed E-state index contributed by atoms with van der Waals surface area (Å²) in [6.07, 6.45) is 0. The Balaban J connectivity index is 2.45. The second kappa shape index (κ2) is 5.00. The Morgan fingerprint density at radius 1 is 1.28 bits per heavy atom. The molecule has 1 atom stereocenters. The number of rotatable bonds is 4. The van der Waals surface area contributed by atoms with Gasteiger partial charge >= 0.3 is 0 Å². The first-order valence-electron chi connectivity index (χ1n) is 6.57. The molecule has 1 aliphatic rings. The van der Waals surface area contributed by atoms with Crippen molar-refractivity contribution in [1.29, 1.82) is 0 Å². The number of aryl methyl sites for hydroxylation is 3. The van der Waals surface area contributed by atoms with E-state index in [-0.39, 0.29) is 11.5 Å². The molecule has 0 aliphatic carbocycles. The van der Waals surface area contributed by atoms with Crippen LogP contribution in [0, 0.1) is 26.2 Å². The summed E-state index contributed by atoms with van der Waals surface area (Å²) in [6.45, 7) is 8.67. The van der Waals surface area contributed by atoms with Crippen LogP contribution in [0.15, 0.2) is 12.1 Å². The highest BCUT2D eigenvalue weighted by molar-refractivity contribution is 5.41. The van der Waals surface area contributed by atoms with Crippen LogP contribution in [0.1, 0.15) is 28.3 Å².